The zero-order chi connectivity index (χ0) is 33.4. The van der Waals surface area contributed by atoms with Gasteiger partial charge < -0.3 is 14.3 Å². The van der Waals surface area contributed by atoms with Crippen molar-refractivity contribution in [2.75, 3.05) is 25.4 Å². The molecular weight excluding hydrogens is 655 g/mol. The summed E-state index contributed by atoms with van der Waals surface area (Å²) in [6.45, 7) is 4.51. The maximum Gasteiger partial charge on any atom is 0.345 e. The number of nitrogens with zero attached hydrogens (tertiary/aromatic N) is 1. The van der Waals surface area contributed by atoms with Gasteiger partial charge in [-0.3, -0.25) is 17.5 Å². The molecule has 5 rings (SSSR count). The highest BCUT2D eigenvalue weighted by Gasteiger charge is 2.70. The average Bonchev–Trinajstić information content (AvgIpc) is 2.89. The molecule has 17 heteroatoms. The van der Waals surface area contributed by atoms with Gasteiger partial charge in [-0.25, -0.2) is 4.79 Å². The van der Waals surface area contributed by atoms with Crippen LogP contribution < -0.4 is 10.4 Å². The molecule has 1 N–H and O–H groups in total. The summed E-state index contributed by atoms with van der Waals surface area (Å²) in [7, 11) is -12.2. The number of aromatic nitrogens is 1. The van der Waals surface area contributed by atoms with Gasteiger partial charge >= 0.3 is 5.63 Å². The van der Waals surface area contributed by atoms with Crippen molar-refractivity contribution in [2.45, 2.75) is 63.9 Å². The van der Waals surface area contributed by atoms with Crippen LogP contribution in [0.2, 0.25) is 0 Å². The molecule has 2 aromatic heterocycles. The Morgan fingerprint density at radius 1 is 1.00 bits per heavy atom. The number of aliphatic hydroxyl groups excluding tert-OH is 1. The molecule has 2 unspecified atom stereocenters. The van der Waals surface area contributed by atoms with Gasteiger partial charge in [-0.1, -0.05) is 13.8 Å². The molecule has 8 atom stereocenters. The van der Waals surface area contributed by atoms with Crippen molar-refractivity contribution >= 4 is 30.4 Å². The third-order valence-electron chi connectivity index (χ3n) is 9.69. The Morgan fingerprint density at radius 3 is 2.22 bits per heavy atom. The smallest absolute Gasteiger partial charge is 0.345 e. The quantitative estimate of drug-likeness (QED) is 0.394. The van der Waals surface area contributed by atoms with E-state index in [2.05, 4.69) is 4.98 Å². The fourth-order valence-electron chi connectivity index (χ4n) is 7.97. The summed E-state index contributed by atoms with van der Waals surface area (Å²) in [5.41, 5.74) is -4.52. The van der Waals surface area contributed by atoms with E-state index in [1.54, 1.807) is 32.2 Å². The molecule has 14 nitrogen and oxygen atoms in total. The van der Waals surface area contributed by atoms with Crippen LogP contribution in [0.15, 0.2) is 39.8 Å². The molecule has 0 amide bonds. The summed E-state index contributed by atoms with van der Waals surface area (Å²) >= 11 is 0. The largest absolute Gasteiger partial charge is 0.484 e. The summed E-state index contributed by atoms with van der Waals surface area (Å²) in [4.78, 5) is 17.5. The topological polar surface area (TPSA) is 203 Å². The van der Waals surface area contributed by atoms with E-state index in [0.717, 1.165) is 18.8 Å². The summed E-state index contributed by atoms with van der Waals surface area (Å²) in [5.74, 6) is -1.69. The van der Waals surface area contributed by atoms with Crippen LogP contribution in [0.25, 0.3) is 11.3 Å². The summed E-state index contributed by atoms with van der Waals surface area (Å²) in [5, 5.41) is 12.1. The SMILES string of the molecule is C[C@]12CC[C@H](OS(C)(=O)=O)[C@@](C)(COS(C)(=O)=O)C1C[C@H](OS(C)(=O)=O)[C@@]1(C)Oc3cc(-c4cccnc4)oc(=O)c3[C@H](O)C21. The van der Waals surface area contributed by atoms with Crippen LogP contribution in [0.5, 0.6) is 5.75 Å². The van der Waals surface area contributed by atoms with E-state index in [-0.39, 0.29) is 36.3 Å². The van der Waals surface area contributed by atoms with Crippen LogP contribution in [0.1, 0.15) is 51.7 Å². The summed E-state index contributed by atoms with van der Waals surface area (Å²) in [6, 6.07) is 4.75. The standard InChI is InChI=1S/C28H37NO13S3/c1-26-10-9-20(41-44(5,34)35)27(2,15-38-43(4,32)33)19(26)13-21(42-45(6,36)37)28(3)24(26)23(30)22-18(40-28)12-17(39-25(22)31)16-8-7-11-29-14-16/h7-8,11-12,14,19-21,23-24,30H,9-10,13,15H2,1-6H3/t19?,20-,21-,23-,24?,26-,27-,28+/m0/s1. The highest BCUT2D eigenvalue weighted by Crippen LogP contribution is 2.67. The van der Waals surface area contributed by atoms with E-state index in [1.807, 2.05) is 6.92 Å². The zero-order valence-electron chi connectivity index (χ0n) is 25.6. The van der Waals surface area contributed by atoms with E-state index >= 15 is 0 Å². The number of rotatable bonds is 8. The van der Waals surface area contributed by atoms with Crippen LogP contribution in [-0.4, -0.2) is 78.5 Å². The predicted octanol–water partition coefficient (Wildman–Crippen LogP) is 1.99. The molecule has 3 aliphatic rings. The van der Waals surface area contributed by atoms with Gasteiger partial charge in [0.25, 0.3) is 30.4 Å². The molecule has 2 aromatic rings. The van der Waals surface area contributed by atoms with Crippen molar-refractivity contribution in [3.8, 4) is 17.1 Å². The van der Waals surface area contributed by atoms with Crippen LogP contribution in [0.4, 0.5) is 0 Å². The lowest BCUT2D eigenvalue weighted by Gasteiger charge is -2.66. The Morgan fingerprint density at radius 2 is 1.64 bits per heavy atom. The van der Waals surface area contributed by atoms with Crippen molar-refractivity contribution in [1.29, 1.82) is 0 Å². The fourth-order valence-corrected chi connectivity index (χ4v) is 9.87. The van der Waals surface area contributed by atoms with Gasteiger partial charge in [0.2, 0.25) is 0 Å². The van der Waals surface area contributed by atoms with Gasteiger partial charge in [0.1, 0.15) is 28.8 Å². The van der Waals surface area contributed by atoms with Crippen molar-refractivity contribution < 1.29 is 52.1 Å². The van der Waals surface area contributed by atoms with Crippen molar-refractivity contribution in [1.82, 2.24) is 4.98 Å². The average molecular weight is 692 g/mol. The van der Waals surface area contributed by atoms with Gasteiger partial charge in [-0.05, 0) is 49.7 Å². The Hall–Kier alpha value is -2.41. The van der Waals surface area contributed by atoms with Crippen LogP contribution in [0, 0.1) is 22.7 Å². The van der Waals surface area contributed by atoms with E-state index < -0.39 is 89.2 Å². The first-order valence-electron chi connectivity index (χ1n) is 14.1. The molecule has 0 aromatic carbocycles. The van der Waals surface area contributed by atoms with E-state index in [1.165, 1.54) is 12.3 Å². The molecule has 0 radical (unpaired) electrons. The first-order chi connectivity index (χ1) is 20.6. The Bertz CT molecular complexity index is 1860. The number of hydrogen-bond donors (Lipinski definition) is 1. The van der Waals surface area contributed by atoms with E-state index in [0.29, 0.717) is 5.56 Å². The lowest BCUT2D eigenvalue weighted by Crippen LogP contribution is -2.71. The highest BCUT2D eigenvalue weighted by atomic mass is 32.2. The van der Waals surface area contributed by atoms with Crippen molar-refractivity contribution in [3.63, 3.8) is 0 Å². The van der Waals surface area contributed by atoms with Crippen LogP contribution in [0.3, 0.4) is 0 Å². The fraction of sp³-hybridized carbons (Fsp3) is 0.643. The number of aliphatic hydroxyl groups is 1. The molecule has 2 fully saturated rings. The summed E-state index contributed by atoms with van der Waals surface area (Å²) < 4.78 is 103. The van der Waals surface area contributed by atoms with Crippen LogP contribution >= 0.6 is 0 Å². The number of hydrogen-bond acceptors (Lipinski definition) is 14. The Kier molecular flexibility index (Phi) is 8.37. The number of ether oxygens (including phenoxy) is 1. The lowest BCUT2D eigenvalue weighted by atomic mass is 9.42. The minimum Gasteiger partial charge on any atom is -0.484 e. The molecular formula is C28H37NO13S3. The van der Waals surface area contributed by atoms with Crippen molar-refractivity contribution in [2.24, 2.45) is 22.7 Å². The monoisotopic (exact) mass is 691 g/mol. The van der Waals surface area contributed by atoms with Crippen LogP contribution in [-0.2, 0) is 42.9 Å². The third-order valence-corrected chi connectivity index (χ3v) is 11.4. The predicted molar refractivity (Wildman–Crippen MR) is 159 cm³/mol. The highest BCUT2D eigenvalue weighted by molar-refractivity contribution is 7.86. The number of pyridine rings is 1. The van der Waals surface area contributed by atoms with E-state index in [4.69, 9.17) is 21.7 Å². The first kappa shape index (κ1) is 33.9. The molecule has 2 saturated carbocycles. The van der Waals surface area contributed by atoms with Crippen molar-refractivity contribution in [3.05, 3.63) is 46.6 Å². The maximum atomic E-state index is 13.4. The molecule has 0 saturated heterocycles. The second kappa shape index (κ2) is 11.1. The normalized spacial score (nSPS) is 35.0. The molecule has 250 valence electrons. The third kappa shape index (κ3) is 6.32. The molecule has 1 aliphatic heterocycles. The molecule has 0 spiro atoms. The first-order valence-corrected chi connectivity index (χ1v) is 19.6. The second-order valence-corrected chi connectivity index (χ2v) is 17.9. The van der Waals surface area contributed by atoms with Gasteiger partial charge in [-0.15, -0.1) is 0 Å². The Labute approximate surface area is 262 Å². The second-order valence-electron chi connectivity index (χ2n) is 13.0. The maximum absolute atomic E-state index is 13.4. The molecule has 3 heterocycles. The van der Waals surface area contributed by atoms with E-state index in [9.17, 15) is 35.2 Å². The van der Waals surface area contributed by atoms with Gasteiger partial charge in [0, 0.05) is 35.4 Å². The van der Waals surface area contributed by atoms with Gasteiger partial charge in [0.05, 0.1) is 37.6 Å². The minimum absolute atomic E-state index is 0.0160. The lowest BCUT2D eigenvalue weighted by molar-refractivity contribution is -0.255. The van der Waals surface area contributed by atoms with Gasteiger partial charge in [0.15, 0.2) is 0 Å². The number of fused-ring (bicyclic) bond motifs is 4. The summed E-state index contributed by atoms with van der Waals surface area (Å²) in [6.07, 6.45) is 1.97. The van der Waals surface area contributed by atoms with Gasteiger partial charge in [-0.2, -0.15) is 25.3 Å². The molecule has 0 bridgehead atoms. The minimum atomic E-state index is -4.14. The zero-order valence-corrected chi connectivity index (χ0v) is 28.1. The Balaban J connectivity index is 1.70. The molecule has 2 aliphatic carbocycles. The molecule has 45 heavy (non-hydrogen) atoms.